The van der Waals surface area contributed by atoms with Crippen molar-refractivity contribution < 1.29 is 14.2 Å². The first-order valence-corrected chi connectivity index (χ1v) is 8.22. The Bertz CT molecular complexity index is 796. The number of benzene rings is 1. The van der Waals surface area contributed by atoms with E-state index in [-0.39, 0.29) is 5.56 Å². The lowest BCUT2D eigenvalue weighted by atomic mass is 10.0. The molecule has 0 aliphatic carbocycles. The Labute approximate surface area is 148 Å². The summed E-state index contributed by atoms with van der Waals surface area (Å²) in [5.74, 6) is 1.35. The molecule has 25 heavy (non-hydrogen) atoms. The molecule has 134 valence electrons. The number of ether oxygens (including phenoxy) is 3. The topological polar surface area (TPSA) is 49.7 Å². The summed E-state index contributed by atoms with van der Waals surface area (Å²) in [6.45, 7) is 4.58. The van der Waals surface area contributed by atoms with Gasteiger partial charge in [0.15, 0.2) is 0 Å². The summed E-state index contributed by atoms with van der Waals surface area (Å²) < 4.78 is 17.8. The molecule has 0 bridgehead atoms. The summed E-state index contributed by atoms with van der Waals surface area (Å²) >= 11 is 0. The Morgan fingerprint density at radius 1 is 1.04 bits per heavy atom. The second kappa shape index (κ2) is 8.42. The van der Waals surface area contributed by atoms with Crippen LogP contribution in [0.3, 0.4) is 0 Å². The quantitative estimate of drug-likeness (QED) is 0.716. The first-order chi connectivity index (χ1) is 12.0. The van der Waals surface area contributed by atoms with E-state index in [0.29, 0.717) is 23.6 Å². The van der Waals surface area contributed by atoms with E-state index in [1.165, 1.54) is 0 Å². The standard InChI is InChI=1S/C20H25NO4/c1-6-8-21-13-16(10-14(2)20(21)22)15-11-18(24-4)17(7-9-23-3)19(12-15)25-5/h7,9-13H,6,8H2,1-5H3/b9-7+. The minimum atomic E-state index is 0.0455. The Balaban J connectivity index is 2.64. The number of methoxy groups -OCH3 is 3. The lowest BCUT2D eigenvalue weighted by molar-refractivity contribution is 0.340. The number of nitrogens with zero attached hydrogens (tertiary/aromatic N) is 1. The van der Waals surface area contributed by atoms with Crippen molar-refractivity contribution in [1.82, 2.24) is 4.57 Å². The second-order valence-electron chi connectivity index (χ2n) is 5.74. The van der Waals surface area contributed by atoms with E-state index in [2.05, 4.69) is 6.92 Å². The van der Waals surface area contributed by atoms with Crippen LogP contribution >= 0.6 is 0 Å². The molecule has 0 atom stereocenters. The number of rotatable bonds is 7. The molecule has 1 aromatic carbocycles. The maximum absolute atomic E-state index is 12.3. The highest BCUT2D eigenvalue weighted by molar-refractivity contribution is 5.74. The number of hydrogen-bond acceptors (Lipinski definition) is 4. The molecule has 0 aliphatic rings. The van der Waals surface area contributed by atoms with E-state index in [9.17, 15) is 4.79 Å². The predicted molar refractivity (Wildman–Crippen MR) is 100 cm³/mol. The number of aromatic nitrogens is 1. The lowest BCUT2D eigenvalue weighted by Crippen LogP contribution is -2.21. The van der Waals surface area contributed by atoms with Gasteiger partial charge in [0.25, 0.3) is 5.56 Å². The smallest absolute Gasteiger partial charge is 0.253 e. The third-order valence-corrected chi connectivity index (χ3v) is 3.98. The summed E-state index contributed by atoms with van der Waals surface area (Å²) in [7, 11) is 4.82. The van der Waals surface area contributed by atoms with Gasteiger partial charge in [-0.25, -0.2) is 0 Å². The van der Waals surface area contributed by atoms with Gasteiger partial charge in [0.2, 0.25) is 0 Å². The minimum Gasteiger partial charge on any atom is -0.504 e. The molecule has 0 aliphatic heterocycles. The Morgan fingerprint density at radius 2 is 1.68 bits per heavy atom. The van der Waals surface area contributed by atoms with Crippen LogP contribution in [0.15, 0.2) is 35.5 Å². The third kappa shape index (κ3) is 4.05. The van der Waals surface area contributed by atoms with Crippen LogP contribution in [0.2, 0.25) is 0 Å². The van der Waals surface area contributed by atoms with Crippen molar-refractivity contribution >= 4 is 6.08 Å². The second-order valence-corrected chi connectivity index (χ2v) is 5.74. The van der Waals surface area contributed by atoms with Crippen molar-refractivity contribution in [3.63, 3.8) is 0 Å². The van der Waals surface area contributed by atoms with Crippen LogP contribution in [0.25, 0.3) is 17.2 Å². The third-order valence-electron chi connectivity index (χ3n) is 3.98. The largest absolute Gasteiger partial charge is 0.504 e. The zero-order valence-corrected chi connectivity index (χ0v) is 15.5. The number of hydrogen-bond donors (Lipinski definition) is 0. The summed E-state index contributed by atoms with van der Waals surface area (Å²) in [4.78, 5) is 12.3. The van der Waals surface area contributed by atoms with Crippen LogP contribution < -0.4 is 15.0 Å². The van der Waals surface area contributed by atoms with Crippen molar-refractivity contribution in [1.29, 1.82) is 0 Å². The van der Waals surface area contributed by atoms with Crippen LogP contribution in [-0.4, -0.2) is 25.9 Å². The van der Waals surface area contributed by atoms with Gasteiger partial charge in [-0.3, -0.25) is 4.79 Å². The molecule has 5 nitrogen and oxygen atoms in total. The fourth-order valence-electron chi connectivity index (χ4n) is 2.76. The van der Waals surface area contributed by atoms with E-state index >= 15 is 0 Å². The van der Waals surface area contributed by atoms with Crippen molar-refractivity contribution in [2.24, 2.45) is 0 Å². The zero-order valence-electron chi connectivity index (χ0n) is 15.5. The zero-order chi connectivity index (χ0) is 18.4. The highest BCUT2D eigenvalue weighted by Crippen LogP contribution is 2.36. The SMILES string of the molecule is CCCn1cc(-c2cc(OC)c(/C=C/OC)c(OC)c2)cc(C)c1=O. The fraction of sp³-hybridized carbons (Fsp3) is 0.350. The molecule has 0 saturated heterocycles. The van der Waals surface area contributed by atoms with Gasteiger partial charge >= 0.3 is 0 Å². The molecule has 1 heterocycles. The van der Waals surface area contributed by atoms with Crippen LogP contribution in [0.5, 0.6) is 11.5 Å². The van der Waals surface area contributed by atoms with E-state index in [1.807, 2.05) is 31.3 Å². The maximum Gasteiger partial charge on any atom is 0.253 e. The summed E-state index contributed by atoms with van der Waals surface area (Å²) in [5, 5.41) is 0. The molecule has 0 fully saturated rings. The van der Waals surface area contributed by atoms with E-state index in [1.54, 1.807) is 38.2 Å². The van der Waals surface area contributed by atoms with Crippen molar-refractivity contribution in [2.45, 2.75) is 26.8 Å². The molecular weight excluding hydrogens is 318 g/mol. The number of aryl methyl sites for hydroxylation is 2. The van der Waals surface area contributed by atoms with Crippen LogP contribution in [0.4, 0.5) is 0 Å². The van der Waals surface area contributed by atoms with Gasteiger partial charge in [-0.05, 0) is 48.7 Å². The van der Waals surface area contributed by atoms with E-state index in [4.69, 9.17) is 14.2 Å². The van der Waals surface area contributed by atoms with Crippen LogP contribution in [0.1, 0.15) is 24.5 Å². The van der Waals surface area contributed by atoms with Crippen LogP contribution in [-0.2, 0) is 11.3 Å². The summed E-state index contributed by atoms with van der Waals surface area (Å²) in [6.07, 6.45) is 6.16. The van der Waals surface area contributed by atoms with E-state index < -0.39 is 0 Å². The highest BCUT2D eigenvalue weighted by Gasteiger charge is 2.13. The lowest BCUT2D eigenvalue weighted by Gasteiger charge is -2.15. The molecule has 2 aromatic rings. The average molecular weight is 343 g/mol. The molecule has 0 spiro atoms. The Morgan fingerprint density at radius 3 is 2.20 bits per heavy atom. The van der Waals surface area contributed by atoms with Gasteiger partial charge in [-0.1, -0.05) is 6.92 Å². The predicted octanol–water partition coefficient (Wildman–Crippen LogP) is 3.87. The number of pyridine rings is 1. The average Bonchev–Trinajstić information content (AvgIpc) is 2.62. The van der Waals surface area contributed by atoms with Gasteiger partial charge in [-0.15, -0.1) is 0 Å². The van der Waals surface area contributed by atoms with E-state index in [0.717, 1.165) is 23.1 Å². The molecule has 0 amide bonds. The van der Waals surface area contributed by atoms with Crippen molar-refractivity contribution in [3.8, 4) is 22.6 Å². The van der Waals surface area contributed by atoms with Gasteiger partial charge < -0.3 is 18.8 Å². The van der Waals surface area contributed by atoms with Gasteiger partial charge in [0.05, 0.1) is 33.2 Å². The monoisotopic (exact) mass is 343 g/mol. The fourth-order valence-corrected chi connectivity index (χ4v) is 2.76. The summed E-state index contributed by atoms with van der Waals surface area (Å²) in [5.41, 5.74) is 3.44. The Kier molecular flexibility index (Phi) is 6.28. The highest BCUT2D eigenvalue weighted by atomic mass is 16.5. The van der Waals surface area contributed by atoms with Crippen molar-refractivity contribution in [2.75, 3.05) is 21.3 Å². The summed E-state index contributed by atoms with van der Waals surface area (Å²) in [6, 6.07) is 5.77. The molecule has 0 unspecified atom stereocenters. The first kappa shape index (κ1) is 18.6. The van der Waals surface area contributed by atoms with Crippen LogP contribution in [0, 0.1) is 6.92 Å². The van der Waals surface area contributed by atoms with Gasteiger partial charge in [0.1, 0.15) is 11.5 Å². The maximum atomic E-state index is 12.3. The van der Waals surface area contributed by atoms with Crippen molar-refractivity contribution in [3.05, 3.63) is 52.1 Å². The Hall–Kier alpha value is -2.69. The molecule has 2 rings (SSSR count). The molecule has 0 radical (unpaired) electrons. The molecular formula is C20H25NO4. The molecule has 1 aromatic heterocycles. The minimum absolute atomic E-state index is 0.0455. The first-order valence-electron chi connectivity index (χ1n) is 8.22. The van der Waals surface area contributed by atoms with Gasteiger partial charge in [0, 0.05) is 18.3 Å². The molecule has 0 N–H and O–H groups in total. The van der Waals surface area contributed by atoms with Gasteiger partial charge in [-0.2, -0.15) is 0 Å². The molecule has 5 heteroatoms. The normalized spacial score (nSPS) is 10.9. The molecule has 0 saturated carbocycles.